The highest BCUT2D eigenvalue weighted by molar-refractivity contribution is 5.93. The van der Waals surface area contributed by atoms with Crippen LogP contribution in [0.3, 0.4) is 0 Å². The van der Waals surface area contributed by atoms with E-state index in [0.29, 0.717) is 18.7 Å². The fourth-order valence-electron chi connectivity index (χ4n) is 3.85. The van der Waals surface area contributed by atoms with Crippen molar-refractivity contribution in [3.63, 3.8) is 0 Å². The quantitative estimate of drug-likeness (QED) is 0.770. The van der Waals surface area contributed by atoms with Crippen molar-refractivity contribution in [2.45, 2.75) is 43.9 Å². The molecule has 2 atom stereocenters. The number of hydrogen-bond donors (Lipinski definition) is 1. The Morgan fingerprint density at radius 1 is 1.11 bits per heavy atom. The van der Waals surface area contributed by atoms with Gasteiger partial charge in [0.2, 0.25) is 0 Å². The first kappa shape index (κ1) is 18.8. The maximum atomic E-state index is 13.7. The second-order valence-electron chi connectivity index (χ2n) is 7.25. The fraction of sp³-hybridized carbons (Fsp3) is 0.474. The van der Waals surface area contributed by atoms with Gasteiger partial charge in [0.25, 0.3) is 5.91 Å². The van der Waals surface area contributed by atoms with Gasteiger partial charge in [-0.15, -0.1) is 0 Å². The first-order valence-electron chi connectivity index (χ1n) is 9.30. The van der Waals surface area contributed by atoms with Crippen LogP contribution < -0.4 is 5.32 Å². The van der Waals surface area contributed by atoms with E-state index in [9.17, 15) is 22.4 Å². The number of carbonyl (C=O) groups excluding carboxylic acids is 1. The molecular formula is C19H20F4N4O. The van der Waals surface area contributed by atoms with Crippen LogP contribution in [-0.2, 0) is 0 Å². The zero-order valence-corrected chi connectivity index (χ0v) is 15.0. The third-order valence-electron chi connectivity index (χ3n) is 5.32. The molecule has 1 fully saturated rings. The van der Waals surface area contributed by atoms with Crippen LogP contribution in [0.4, 0.5) is 23.4 Å². The first-order valence-corrected chi connectivity index (χ1v) is 9.30. The predicted octanol–water partition coefficient (Wildman–Crippen LogP) is 4.31. The lowest BCUT2D eigenvalue weighted by atomic mass is 9.97. The topological polar surface area (TPSA) is 50.2 Å². The molecular weight excluding hydrogens is 376 g/mol. The molecule has 2 aliphatic rings. The van der Waals surface area contributed by atoms with Gasteiger partial charge in [-0.25, -0.2) is 9.07 Å². The summed E-state index contributed by atoms with van der Waals surface area (Å²) in [6.45, 7) is 1.19. The third-order valence-corrected chi connectivity index (χ3v) is 5.32. The number of nitrogens with one attached hydrogen (secondary N) is 1. The summed E-state index contributed by atoms with van der Waals surface area (Å²) in [5, 5.41) is 7.02. The van der Waals surface area contributed by atoms with Gasteiger partial charge >= 0.3 is 6.18 Å². The van der Waals surface area contributed by atoms with Crippen LogP contribution >= 0.6 is 0 Å². The van der Waals surface area contributed by atoms with Crippen molar-refractivity contribution in [2.24, 2.45) is 0 Å². The molecule has 3 heterocycles. The summed E-state index contributed by atoms with van der Waals surface area (Å²) in [6.07, 6.45) is -2.00. The van der Waals surface area contributed by atoms with E-state index in [0.717, 1.165) is 23.9 Å². The molecule has 1 aromatic carbocycles. The Morgan fingerprint density at radius 2 is 1.79 bits per heavy atom. The minimum Gasteiger partial charge on any atom is -0.363 e. The monoisotopic (exact) mass is 396 g/mol. The van der Waals surface area contributed by atoms with Crippen LogP contribution in [-0.4, -0.2) is 39.9 Å². The average Bonchev–Trinajstić information content (AvgIpc) is 3.11. The molecule has 1 saturated heterocycles. The summed E-state index contributed by atoms with van der Waals surface area (Å²) in [6, 6.07) is 4.23. The minimum atomic E-state index is -4.52. The smallest absolute Gasteiger partial charge is 0.363 e. The van der Waals surface area contributed by atoms with Crippen molar-refractivity contribution in [3.05, 3.63) is 47.4 Å². The predicted molar refractivity (Wildman–Crippen MR) is 94.5 cm³/mol. The zero-order chi connectivity index (χ0) is 19.9. The summed E-state index contributed by atoms with van der Waals surface area (Å²) < 4.78 is 55.1. The Labute approximate surface area is 159 Å². The molecule has 2 aromatic rings. The van der Waals surface area contributed by atoms with Gasteiger partial charge in [-0.1, -0.05) is 12.1 Å². The molecule has 0 saturated carbocycles. The lowest BCUT2D eigenvalue weighted by molar-refractivity contribution is -0.173. The molecule has 150 valence electrons. The number of likely N-dealkylation sites (tertiary alicyclic amines) is 1. The van der Waals surface area contributed by atoms with E-state index in [2.05, 4.69) is 10.4 Å². The second-order valence-corrected chi connectivity index (χ2v) is 7.25. The Morgan fingerprint density at radius 3 is 2.43 bits per heavy atom. The molecule has 1 N–H and O–H groups in total. The SMILES string of the molecule is O=C(c1cc2n(n1)C(C(F)(F)F)CC(c1ccc(F)cc1)N2)N1CCCCC1. The number of halogens is 4. The highest BCUT2D eigenvalue weighted by Crippen LogP contribution is 2.43. The average molecular weight is 396 g/mol. The van der Waals surface area contributed by atoms with Crippen molar-refractivity contribution in [2.75, 3.05) is 18.4 Å². The molecule has 0 radical (unpaired) electrons. The Balaban J connectivity index is 1.65. The molecule has 1 aromatic heterocycles. The summed E-state index contributed by atoms with van der Waals surface area (Å²) >= 11 is 0. The second kappa shape index (κ2) is 7.10. The van der Waals surface area contributed by atoms with Gasteiger partial charge in [0, 0.05) is 25.6 Å². The molecule has 0 aliphatic carbocycles. The summed E-state index contributed by atoms with van der Waals surface area (Å²) in [7, 11) is 0. The molecule has 0 spiro atoms. The number of piperidine rings is 1. The number of benzene rings is 1. The van der Waals surface area contributed by atoms with E-state index in [1.807, 2.05) is 0 Å². The maximum Gasteiger partial charge on any atom is 0.410 e. The van der Waals surface area contributed by atoms with Crippen LogP contribution in [0.15, 0.2) is 30.3 Å². The lowest BCUT2D eigenvalue weighted by Gasteiger charge is -2.33. The van der Waals surface area contributed by atoms with Gasteiger partial charge in [0.05, 0.1) is 6.04 Å². The van der Waals surface area contributed by atoms with E-state index in [1.54, 1.807) is 4.90 Å². The normalized spacial score (nSPS) is 22.5. The van der Waals surface area contributed by atoms with E-state index >= 15 is 0 Å². The Hall–Kier alpha value is -2.58. The van der Waals surface area contributed by atoms with E-state index < -0.39 is 24.1 Å². The molecule has 2 aliphatic heterocycles. The number of rotatable bonds is 2. The number of aromatic nitrogens is 2. The molecule has 1 amide bonds. The minimum absolute atomic E-state index is 0.0124. The van der Waals surface area contributed by atoms with Crippen molar-refractivity contribution in [1.82, 2.24) is 14.7 Å². The number of alkyl halides is 3. The standard InChI is InChI=1S/C19H20F4N4O/c20-13-6-4-12(5-7-13)14-10-16(19(21,22)23)27-17(24-14)11-15(25-27)18(28)26-8-2-1-3-9-26/h4-7,11,14,16,24H,1-3,8-10H2. The number of amides is 1. The van der Waals surface area contributed by atoms with Crippen LogP contribution in [0.5, 0.6) is 0 Å². The Bertz CT molecular complexity index is 856. The largest absolute Gasteiger partial charge is 0.410 e. The number of nitrogens with zero attached hydrogens (tertiary/aromatic N) is 3. The highest BCUT2D eigenvalue weighted by Gasteiger charge is 2.47. The van der Waals surface area contributed by atoms with Gasteiger partial charge in [-0.3, -0.25) is 4.79 Å². The van der Waals surface area contributed by atoms with Gasteiger partial charge in [-0.2, -0.15) is 18.3 Å². The number of anilines is 1. The molecule has 0 bridgehead atoms. The molecule has 28 heavy (non-hydrogen) atoms. The fourth-order valence-corrected chi connectivity index (χ4v) is 3.85. The van der Waals surface area contributed by atoms with E-state index in [-0.39, 0.29) is 23.8 Å². The van der Waals surface area contributed by atoms with Gasteiger partial charge in [0.1, 0.15) is 11.6 Å². The van der Waals surface area contributed by atoms with E-state index in [1.165, 1.54) is 30.3 Å². The van der Waals surface area contributed by atoms with Crippen molar-refractivity contribution >= 4 is 11.7 Å². The van der Waals surface area contributed by atoms with Crippen LogP contribution in [0, 0.1) is 5.82 Å². The van der Waals surface area contributed by atoms with Crippen LogP contribution in [0.1, 0.15) is 53.8 Å². The summed E-state index contributed by atoms with van der Waals surface area (Å²) in [5.41, 5.74) is 0.561. The number of carbonyl (C=O) groups is 1. The van der Waals surface area contributed by atoms with Crippen molar-refractivity contribution in [1.29, 1.82) is 0 Å². The van der Waals surface area contributed by atoms with E-state index in [4.69, 9.17) is 0 Å². The number of hydrogen-bond acceptors (Lipinski definition) is 3. The highest BCUT2D eigenvalue weighted by atomic mass is 19.4. The first-order chi connectivity index (χ1) is 13.3. The van der Waals surface area contributed by atoms with Gasteiger partial charge < -0.3 is 10.2 Å². The third kappa shape index (κ3) is 3.57. The molecule has 9 heteroatoms. The lowest BCUT2D eigenvalue weighted by Crippen LogP contribution is -2.37. The maximum absolute atomic E-state index is 13.7. The van der Waals surface area contributed by atoms with Crippen LogP contribution in [0.2, 0.25) is 0 Å². The molecule has 4 rings (SSSR count). The molecule has 2 unspecified atom stereocenters. The summed E-state index contributed by atoms with van der Waals surface area (Å²) in [5.74, 6) is -0.655. The van der Waals surface area contributed by atoms with Crippen LogP contribution in [0.25, 0.3) is 0 Å². The summed E-state index contributed by atoms with van der Waals surface area (Å²) in [4.78, 5) is 14.3. The van der Waals surface area contributed by atoms with Crippen molar-refractivity contribution in [3.8, 4) is 0 Å². The number of fused-ring (bicyclic) bond motifs is 1. The van der Waals surface area contributed by atoms with Gasteiger partial charge in [-0.05, 0) is 37.0 Å². The Kier molecular flexibility index (Phi) is 4.76. The van der Waals surface area contributed by atoms with Gasteiger partial charge in [0.15, 0.2) is 11.7 Å². The molecule has 5 nitrogen and oxygen atoms in total. The zero-order valence-electron chi connectivity index (χ0n) is 15.0. The van der Waals surface area contributed by atoms with Crippen molar-refractivity contribution < 1.29 is 22.4 Å².